The van der Waals surface area contributed by atoms with Crippen molar-refractivity contribution in [1.82, 2.24) is 9.97 Å². The first-order chi connectivity index (χ1) is 12.2. The molecule has 3 aromatic rings. The summed E-state index contributed by atoms with van der Waals surface area (Å²) in [5.74, 6) is -0.194. The summed E-state index contributed by atoms with van der Waals surface area (Å²) in [4.78, 5) is 21.6. The van der Waals surface area contributed by atoms with Crippen molar-refractivity contribution in [3.8, 4) is 6.07 Å². The molecule has 2 heterocycles. The molecule has 0 bridgehead atoms. The zero-order valence-corrected chi connectivity index (χ0v) is 14.5. The van der Waals surface area contributed by atoms with Gasteiger partial charge in [0.2, 0.25) is 0 Å². The van der Waals surface area contributed by atoms with Crippen molar-refractivity contribution in [2.75, 3.05) is 5.32 Å². The number of nitrogens with one attached hydrogen (secondary N) is 1. The van der Waals surface area contributed by atoms with Crippen LogP contribution < -0.4 is 5.32 Å². The van der Waals surface area contributed by atoms with E-state index in [0.717, 1.165) is 23.5 Å². The summed E-state index contributed by atoms with van der Waals surface area (Å²) in [5.41, 5.74) is 3.04. The molecular formula is C19H16N4OS. The molecule has 0 spiro atoms. The average Bonchev–Trinajstić information content (AvgIpc) is 3.02. The highest BCUT2D eigenvalue weighted by Gasteiger charge is 2.15. The van der Waals surface area contributed by atoms with E-state index in [1.165, 1.54) is 16.9 Å². The molecular weight excluding hydrogens is 332 g/mol. The van der Waals surface area contributed by atoms with Gasteiger partial charge in [0.25, 0.3) is 5.91 Å². The minimum Gasteiger partial charge on any atom is -0.321 e. The molecule has 1 N–H and O–H groups in total. The second kappa shape index (κ2) is 7.69. The first-order valence-corrected chi connectivity index (χ1v) is 8.64. The number of pyridine rings is 1. The smallest absolute Gasteiger partial charge is 0.267 e. The zero-order valence-electron chi connectivity index (χ0n) is 13.7. The Balaban J connectivity index is 1.69. The molecule has 0 atom stereocenters. The summed E-state index contributed by atoms with van der Waals surface area (Å²) in [6.07, 6.45) is 5.20. The van der Waals surface area contributed by atoms with Crippen molar-refractivity contribution in [1.29, 1.82) is 5.26 Å². The predicted octanol–water partition coefficient (Wildman–Crippen LogP) is 3.76. The highest BCUT2D eigenvalue weighted by Crippen LogP contribution is 2.21. The average molecular weight is 348 g/mol. The number of anilines is 1. The van der Waals surface area contributed by atoms with Crippen molar-refractivity contribution in [2.24, 2.45) is 0 Å². The van der Waals surface area contributed by atoms with Gasteiger partial charge < -0.3 is 5.32 Å². The first-order valence-electron chi connectivity index (χ1n) is 7.82. The molecule has 0 aliphatic heterocycles. The van der Waals surface area contributed by atoms with Crippen LogP contribution in [0.5, 0.6) is 0 Å². The Hall–Kier alpha value is -3.04. The molecule has 6 heteroatoms. The lowest BCUT2D eigenvalue weighted by atomic mass is 10.1. The Labute approximate surface area is 150 Å². The van der Waals surface area contributed by atoms with E-state index >= 15 is 0 Å². The van der Waals surface area contributed by atoms with Crippen LogP contribution in [0.25, 0.3) is 0 Å². The van der Waals surface area contributed by atoms with Gasteiger partial charge in [0.1, 0.15) is 4.88 Å². The number of nitriles is 1. The van der Waals surface area contributed by atoms with E-state index in [1.807, 2.05) is 19.1 Å². The predicted molar refractivity (Wildman–Crippen MR) is 97.6 cm³/mol. The van der Waals surface area contributed by atoms with Crippen molar-refractivity contribution in [3.05, 3.63) is 75.5 Å². The number of hydrogen-bond donors (Lipinski definition) is 1. The molecule has 2 aromatic heterocycles. The molecule has 0 radical (unpaired) electrons. The lowest BCUT2D eigenvalue weighted by Gasteiger charge is -2.04. The van der Waals surface area contributed by atoms with E-state index in [1.54, 1.807) is 36.7 Å². The highest BCUT2D eigenvalue weighted by atomic mass is 32.1. The molecule has 124 valence electrons. The molecule has 0 aliphatic rings. The number of rotatable bonds is 5. The Morgan fingerprint density at radius 3 is 2.80 bits per heavy atom. The maximum Gasteiger partial charge on any atom is 0.267 e. The normalized spacial score (nSPS) is 10.2. The van der Waals surface area contributed by atoms with Gasteiger partial charge in [-0.2, -0.15) is 5.26 Å². The topological polar surface area (TPSA) is 78.7 Å². The third kappa shape index (κ3) is 4.28. The van der Waals surface area contributed by atoms with Gasteiger partial charge in [0, 0.05) is 24.5 Å². The quantitative estimate of drug-likeness (QED) is 0.761. The lowest BCUT2D eigenvalue weighted by molar-refractivity contribution is 0.103. The Bertz CT molecular complexity index is 928. The molecule has 0 aliphatic carbocycles. The van der Waals surface area contributed by atoms with Crippen LogP contribution in [0.3, 0.4) is 0 Å². The van der Waals surface area contributed by atoms with Crippen LogP contribution in [0.15, 0.2) is 48.8 Å². The second-order valence-electron chi connectivity index (χ2n) is 5.52. The summed E-state index contributed by atoms with van der Waals surface area (Å²) < 4.78 is 0. The molecule has 0 saturated carbocycles. The molecule has 0 unspecified atom stereocenters. The number of amides is 1. The number of benzene rings is 1. The van der Waals surface area contributed by atoms with Crippen LogP contribution >= 0.6 is 11.3 Å². The lowest BCUT2D eigenvalue weighted by Crippen LogP contribution is -2.11. The fourth-order valence-corrected chi connectivity index (χ4v) is 3.38. The highest BCUT2D eigenvalue weighted by molar-refractivity contribution is 7.13. The third-order valence-corrected chi connectivity index (χ3v) is 4.89. The van der Waals surface area contributed by atoms with Gasteiger partial charge in [-0.25, -0.2) is 4.98 Å². The largest absolute Gasteiger partial charge is 0.321 e. The number of carbonyl (C=O) groups is 1. The number of aromatic nitrogens is 2. The molecule has 1 amide bonds. The van der Waals surface area contributed by atoms with Gasteiger partial charge in [-0.05, 0) is 49.2 Å². The monoisotopic (exact) mass is 348 g/mol. The Kier molecular flexibility index (Phi) is 5.17. The summed E-state index contributed by atoms with van der Waals surface area (Å²) in [6.45, 7) is 1.84. The van der Waals surface area contributed by atoms with Gasteiger partial charge in [-0.1, -0.05) is 6.07 Å². The van der Waals surface area contributed by atoms with E-state index in [0.29, 0.717) is 16.1 Å². The molecule has 1 aromatic carbocycles. The molecule has 25 heavy (non-hydrogen) atoms. The molecule has 3 rings (SSSR count). The van der Waals surface area contributed by atoms with Crippen LogP contribution in [0.1, 0.15) is 31.5 Å². The van der Waals surface area contributed by atoms with Crippen LogP contribution in [-0.2, 0) is 12.8 Å². The van der Waals surface area contributed by atoms with Gasteiger partial charge in [0.15, 0.2) is 0 Å². The van der Waals surface area contributed by atoms with Gasteiger partial charge in [-0.15, -0.1) is 11.3 Å². The van der Waals surface area contributed by atoms with Crippen molar-refractivity contribution in [3.63, 3.8) is 0 Å². The van der Waals surface area contributed by atoms with Crippen LogP contribution in [-0.4, -0.2) is 15.9 Å². The Morgan fingerprint density at radius 1 is 1.24 bits per heavy atom. The fraction of sp³-hybridized carbons (Fsp3) is 0.158. The zero-order chi connectivity index (χ0) is 17.6. The van der Waals surface area contributed by atoms with Crippen LogP contribution in [0.2, 0.25) is 0 Å². The van der Waals surface area contributed by atoms with Crippen LogP contribution in [0, 0.1) is 18.3 Å². The van der Waals surface area contributed by atoms with E-state index in [9.17, 15) is 4.79 Å². The summed E-state index contributed by atoms with van der Waals surface area (Å²) in [6, 6.07) is 12.9. The van der Waals surface area contributed by atoms with E-state index < -0.39 is 0 Å². The molecule has 0 saturated heterocycles. The summed E-state index contributed by atoms with van der Waals surface area (Å²) in [5, 5.41) is 12.7. The number of aryl methyl sites for hydroxylation is 3. The molecule has 5 nitrogen and oxygen atoms in total. The SMILES string of the molecule is Cc1nc(CCc2ccncc2)sc1C(=O)Nc1cccc(C#N)c1. The van der Waals surface area contributed by atoms with Crippen LogP contribution in [0.4, 0.5) is 5.69 Å². The van der Waals surface area contributed by atoms with Crippen molar-refractivity contribution in [2.45, 2.75) is 19.8 Å². The first kappa shape index (κ1) is 16.8. The number of nitrogens with zero attached hydrogens (tertiary/aromatic N) is 3. The van der Waals surface area contributed by atoms with Gasteiger partial charge in [0.05, 0.1) is 22.3 Å². The number of carbonyl (C=O) groups excluding carboxylic acids is 1. The summed E-state index contributed by atoms with van der Waals surface area (Å²) in [7, 11) is 0. The van der Waals surface area contributed by atoms with E-state index in [-0.39, 0.29) is 5.91 Å². The minimum atomic E-state index is -0.194. The maximum absolute atomic E-state index is 12.5. The standard InChI is InChI=1S/C19H16N4OS/c1-13-18(19(24)23-16-4-2-3-15(11-16)12-20)25-17(22-13)6-5-14-7-9-21-10-8-14/h2-4,7-11H,5-6H2,1H3,(H,23,24). The van der Waals surface area contributed by atoms with Gasteiger partial charge in [-0.3, -0.25) is 9.78 Å². The molecule has 0 fully saturated rings. The van der Waals surface area contributed by atoms with Crippen molar-refractivity contribution < 1.29 is 4.79 Å². The van der Waals surface area contributed by atoms with Crippen molar-refractivity contribution >= 4 is 22.9 Å². The number of hydrogen-bond acceptors (Lipinski definition) is 5. The third-order valence-electron chi connectivity index (χ3n) is 3.67. The van der Waals surface area contributed by atoms with E-state index in [4.69, 9.17) is 5.26 Å². The van der Waals surface area contributed by atoms with Gasteiger partial charge >= 0.3 is 0 Å². The fourth-order valence-electron chi connectivity index (χ4n) is 2.42. The minimum absolute atomic E-state index is 0.194. The number of thiazole rings is 1. The summed E-state index contributed by atoms with van der Waals surface area (Å²) >= 11 is 1.41. The van der Waals surface area contributed by atoms with E-state index in [2.05, 4.69) is 21.4 Å². The second-order valence-corrected chi connectivity index (χ2v) is 6.61. The Morgan fingerprint density at radius 2 is 2.04 bits per heavy atom. The maximum atomic E-state index is 12.5.